The van der Waals surface area contributed by atoms with Crippen LogP contribution >= 0.6 is 11.6 Å². The fourth-order valence-electron chi connectivity index (χ4n) is 1.65. The number of hydrogen-bond donors (Lipinski definition) is 1. The van der Waals surface area contributed by atoms with Gasteiger partial charge in [-0.3, -0.25) is 0 Å². The lowest BCUT2D eigenvalue weighted by Crippen LogP contribution is -2.33. The summed E-state index contributed by atoms with van der Waals surface area (Å²) >= 11 is 5.91. The highest BCUT2D eigenvalue weighted by Gasteiger charge is 2.04. The van der Waals surface area contributed by atoms with E-state index in [2.05, 4.69) is 32.2 Å². The molecule has 0 radical (unpaired) electrons. The van der Waals surface area contributed by atoms with Crippen LogP contribution in [0.3, 0.4) is 0 Å². The summed E-state index contributed by atoms with van der Waals surface area (Å²) in [6.45, 7) is 6.52. The van der Waals surface area contributed by atoms with Crippen LogP contribution in [-0.2, 0) is 6.42 Å². The molecule has 0 bridgehead atoms. The van der Waals surface area contributed by atoms with Gasteiger partial charge in [0.2, 0.25) is 0 Å². The second-order valence-electron chi connectivity index (χ2n) is 4.06. The second kappa shape index (κ2) is 5.38. The highest BCUT2D eigenvalue weighted by Crippen LogP contribution is 2.12. The standard InChI is InChI=1S/C12H18ClN/c1-9(2)14-10(3)7-11-5-4-6-12(13)8-11/h4-6,8-10,14H,7H2,1-3H3. The Morgan fingerprint density at radius 2 is 2.00 bits per heavy atom. The topological polar surface area (TPSA) is 12.0 Å². The smallest absolute Gasteiger partial charge is 0.0408 e. The van der Waals surface area contributed by atoms with Crippen molar-refractivity contribution in [3.8, 4) is 0 Å². The molecule has 14 heavy (non-hydrogen) atoms. The van der Waals surface area contributed by atoms with Gasteiger partial charge in [-0.2, -0.15) is 0 Å². The molecule has 0 saturated heterocycles. The van der Waals surface area contributed by atoms with Crippen molar-refractivity contribution in [2.75, 3.05) is 0 Å². The molecule has 0 spiro atoms. The van der Waals surface area contributed by atoms with E-state index < -0.39 is 0 Å². The molecule has 1 nitrogen and oxygen atoms in total. The van der Waals surface area contributed by atoms with Gasteiger partial charge in [0.25, 0.3) is 0 Å². The van der Waals surface area contributed by atoms with Crippen LogP contribution in [0.25, 0.3) is 0 Å². The van der Waals surface area contributed by atoms with Crippen molar-refractivity contribution in [1.29, 1.82) is 0 Å². The molecule has 0 aliphatic carbocycles. The first-order valence-electron chi connectivity index (χ1n) is 5.08. The molecule has 1 aromatic rings. The molecule has 0 saturated carbocycles. The Hall–Kier alpha value is -0.530. The van der Waals surface area contributed by atoms with Gasteiger partial charge < -0.3 is 5.32 Å². The average Bonchev–Trinajstić information content (AvgIpc) is 2.01. The summed E-state index contributed by atoms with van der Waals surface area (Å²) in [6.07, 6.45) is 1.03. The van der Waals surface area contributed by atoms with Crippen LogP contribution in [0.4, 0.5) is 0 Å². The van der Waals surface area contributed by atoms with Gasteiger partial charge in [0.1, 0.15) is 0 Å². The van der Waals surface area contributed by atoms with Gasteiger partial charge in [0, 0.05) is 17.1 Å². The van der Waals surface area contributed by atoms with Crippen LogP contribution < -0.4 is 5.32 Å². The van der Waals surface area contributed by atoms with Gasteiger partial charge in [-0.15, -0.1) is 0 Å². The molecule has 2 heteroatoms. The predicted octanol–water partition coefficient (Wildman–Crippen LogP) is 3.27. The normalized spacial score (nSPS) is 13.2. The highest BCUT2D eigenvalue weighted by atomic mass is 35.5. The maximum Gasteiger partial charge on any atom is 0.0408 e. The van der Waals surface area contributed by atoms with Gasteiger partial charge in [-0.25, -0.2) is 0 Å². The molecule has 1 aromatic carbocycles. The Balaban J connectivity index is 2.51. The minimum Gasteiger partial charge on any atom is -0.312 e. The Bertz CT molecular complexity index is 283. The van der Waals surface area contributed by atoms with Crippen molar-refractivity contribution in [3.63, 3.8) is 0 Å². The van der Waals surface area contributed by atoms with Crippen LogP contribution in [0, 0.1) is 0 Å². The van der Waals surface area contributed by atoms with Crippen LogP contribution in [0.5, 0.6) is 0 Å². The van der Waals surface area contributed by atoms with Gasteiger partial charge in [-0.05, 0) is 31.0 Å². The molecule has 0 heterocycles. The molecular formula is C12H18ClN. The maximum atomic E-state index is 5.91. The van der Waals surface area contributed by atoms with Crippen LogP contribution in [0.2, 0.25) is 5.02 Å². The van der Waals surface area contributed by atoms with Crippen molar-refractivity contribution in [3.05, 3.63) is 34.9 Å². The molecule has 0 amide bonds. The zero-order valence-electron chi connectivity index (χ0n) is 9.05. The average molecular weight is 212 g/mol. The molecule has 0 aliphatic heterocycles. The minimum absolute atomic E-state index is 0.494. The predicted molar refractivity (Wildman–Crippen MR) is 62.9 cm³/mol. The Kier molecular flexibility index (Phi) is 4.43. The number of halogens is 1. The molecule has 0 aliphatic rings. The largest absolute Gasteiger partial charge is 0.312 e. The molecule has 1 unspecified atom stereocenters. The lowest BCUT2D eigenvalue weighted by molar-refractivity contribution is 0.488. The summed E-state index contributed by atoms with van der Waals surface area (Å²) < 4.78 is 0. The van der Waals surface area contributed by atoms with Crippen LogP contribution in [0.1, 0.15) is 26.3 Å². The Morgan fingerprint density at radius 3 is 2.57 bits per heavy atom. The Morgan fingerprint density at radius 1 is 1.29 bits per heavy atom. The van der Waals surface area contributed by atoms with E-state index >= 15 is 0 Å². The van der Waals surface area contributed by atoms with E-state index in [0.29, 0.717) is 12.1 Å². The number of nitrogens with one attached hydrogen (secondary N) is 1. The summed E-state index contributed by atoms with van der Waals surface area (Å²) in [7, 11) is 0. The van der Waals surface area contributed by atoms with Crippen molar-refractivity contribution >= 4 is 11.6 Å². The zero-order valence-corrected chi connectivity index (χ0v) is 9.81. The first-order valence-corrected chi connectivity index (χ1v) is 5.46. The van der Waals surface area contributed by atoms with Crippen molar-refractivity contribution in [2.24, 2.45) is 0 Å². The van der Waals surface area contributed by atoms with Gasteiger partial charge in [0.15, 0.2) is 0 Å². The third-order valence-corrected chi connectivity index (χ3v) is 2.28. The second-order valence-corrected chi connectivity index (χ2v) is 4.49. The third kappa shape index (κ3) is 4.12. The number of benzene rings is 1. The van der Waals surface area contributed by atoms with Gasteiger partial charge in [0.05, 0.1) is 0 Å². The molecule has 78 valence electrons. The van der Waals surface area contributed by atoms with Crippen molar-refractivity contribution < 1.29 is 0 Å². The highest BCUT2D eigenvalue weighted by molar-refractivity contribution is 6.30. The fraction of sp³-hybridized carbons (Fsp3) is 0.500. The summed E-state index contributed by atoms with van der Waals surface area (Å²) in [5.74, 6) is 0. The van der Waals surface area contributed by atoms with E-state index in [4.69, 9.17) is 11.6 Å². The molecule has 1 atom stereocenters. The van der Waals surface area contributed by atoms with E-state index in [1.807, 2.05) is 18.2 Å². The van der Waals surface area contributed by atoms with Crippen molar-refractivity contribution in [2.45, 2.75) is 39.3 Å². The number of rotatable bonds is 4. The summed E-state index contributed by atoms with van der Waals surface area (Å²) in [5.41, 5.74) is 1.29. The maximum absolute atomic E-state index is 5.91. The monoisotopic (exact) mass is 211 g/mol. The molecule has 0 aromatic heterocycles. The van der Waals surface area contributed by atoms with Crippen LogP contribution in [-0.4, -0.2) is 12.1 Å². The first-order chi connectivity index (χ1) is 6.58. The molecular weight excluding hydrogens is 194 g/mol. The number of hydrogen-bond acceptors (Lipinski definition) is 1. The van der Waals surface area contributed by atoms with E-state index in [1.54, 1.807) is 0 Å². The zero-order chi connectivity index (χ0) is 10.6. The lowest BCUT2D eigenvalue weighted by atomic mass is 10.1. The third-order valence-electron chi connectivity index (χ3n) is 2.05. The molecule has 0 fully saturated rings. The van der Waals surface area contributed by atoms with E-state index in [-0.39, 0.29) is 0 Å². The summed E-state index contributed by atoms with van der Waals surface area (Å²) in [6, 6.07) is 9.08. The Labute approximate surface area is 91.5 Å². The van der Waals surface area contributed by atoms with Gasteiger partial charge in [-0.1, -0.05) is 37.6 Å². The first kappa shape index (κ1) is 11.5. The van der Waals surface area contributed by atoms with E-state index in [1.165, 1.54) is 5.56 Å². The lowest BCUT2D eigenvalue weighted by Gasteiger charge is -2.16. The summed E-state index contributed by atoms with van der Waals surface area (Å²) in [4.78, 5) is 0. The van der Waals surface area contributed by atoms with Crippen LogP contribution in [0.15, 0.2) is 24.3 Å². The molecule has 1 N–H and O–H groups in total. The minimum atomic E-state index is 0.494. The van der Waals surface area contributed by atoms with Crippen molar-refractivity contribution in [1.82, 2.24) is 5.32 Å². The summed E-state index contributed by atoms with van der Waals surface area (Å²) in [5, 5.41) is 4.29. The molecule has 1 rings (SSSR count). The van der Waals surface area contributed by atoms with E-state index in [0.717, 1.165) is 11.4 Å². The fourth-order valence-corrected chi connectivity index (χ4v) is 1.86. The quantitative estimate of drug-likeness (QED) is 0.806. The SMILES string of the molecule is CC(C)NC(C)Cc1cccc(Cl)c1. The van der Waals surface area contributed by atoms with Gasteiger partial charge >= 0.3 is 0 Å². The van der Waals surface area contributed by atoms with E-state index in [9.17, 15) is 0 Å².